The fourth-order valence-electron chi connectivity index (χ4n) is 1.29. The number of carbonyl (C=O) groups is 2. The molecule has 1 atom stereocenters. The molecule has 1 unspecified atom stereocenters. The standard InChI is InChI=1S/C11H20O3/c1-4-6-7-8-11(10(13)5-2)14-9(3)12/h11H,4-8H2,1-3H3. The summed E-state index contributed by atoms with van der Waals surface area (Å²) in [5.74, 6) is -0.343. The number of unbranched alkanes of at least 4 members (excludes halogenated alkanes) is 2. The lowest BCUT2D eigenvalue weighted by Crippen LogP contribution is -2.25. The van der Waals surface area contributed by atoms with Crippen LogP contribution in [0.1, 0.15) is 52.9 Å². The predicted molar refractivity (Wildman–Crippen MR) is 55.0 cm³/mol. The molecule has 0 bridgehead atoms. The lowest BCUT2D eigenvalue weighted by atomic mass is 10.1. The highest BCUT2D eigenvalue weighted by Crippen LogP contribution is 2.09. The molecule has 0 rings (SSSR count). The van der Waals surface area contributed by atoms with Crippen LogP contribution in [0.2, 0.25) is 0 Å². The van der Waals surface area contributed by atoms with Gasteiger partial charge in [-0.25, -0.2) is 0 Å². The molecule has 0 spiro atoms. The zero-order chi connectivity index (χ0) is 11.0. The summed E-state index contributed by atoms with van der Waals surface area (Å²) >= 11 is 0. The first kappa shape index (κ1) is 13.1. The number of ketones is 1. The van der Waals surface area contributed by atoms with Gasteiger partial charge in [0.2, 0.25) is 0 Å². The van der Waals surface area contributed by atoms with Crippen molar-refractivity contribution in [1.82, 2.24) is 0 Å². The summed E-state index contributed by atoms with van der Waals surface area (Å²) in [5, 5.41) is 0. The summed E-state index contributed by atoms with van der Waals surface area (Å²) in [6.45, 7) is 5.23. The van der Waals surface area contributed by atoms with E-state index in [-0.39, 0.29) is 11.8 Å². The summed E-state index contributed by atoms with van der Waals surface area (Å²) in [5.41, 5.74) is 0. The molecule has 0 aromatic heterocycles. The van der Waals surface area contributed by atoms with Crippen LogP contribution in [0.3, 0.4) is 0 Å². The molecule has 14 heavy (non-hydrogen) atoms. The lowest BCUT2D eigenvalue weighted by Gasteiger charge is -2.14. The monoisotopic (exact) mass is 200 g/mol. The molecule has 0 saturated heterocycles. The van der Waals surface area contributed by atoms with Crippen molar-refractivity contribution < 1.29 is 14.3 Å². The van der Waals surface area contributed by atoms with Crippen LogP contribution in [0.25, 0.3) is 0 Å². The zero-order valence-corrected chi connectivity index (χ0v) is 9.34. The summed E-state index contributed by atoms with van der Waals surface area (Å²) in [6, 6.07) is 0. The summed E-state index contributed by atoms with van der Waals surface area (Å²) < 4.78 is 4.96. The van der Waals surface area contributed by atoms with E-state index in [0.29, 0.717) is 12.8 Å². The number of hydrogen-bond acceptors (Lipinski definition) is 3. The Kier molecular flexibility index (Phi) is 7.07. The molecule has 0 radical (unpaired) electrons. The summed E-state index contributed by atoms with van der Waals surface area (Å²) in [6.07, 6.45) is 3.72. The van der Waals surface area contributed by atoms with Crippen molar-refractivity contribution in [1.29, 1.82) is 0 Å². The van der Waals surface area contributed by atoms with E-state index < -0.39 is 6.10 Å². The molecule has 0 N–H and O–H groups in total. The van der Waals surface area contributed by atoms with Gasteiger partial charge in [-0.2, -0.15) is 0 Å². The van der Waals surface area contributed by atoms with E-state index >= 15 is 0 Å². The second-order valence-corrected chi connectivity index (χ2v) is 3.41. The molecule has 3 heteroatoms. The minimum atomic E-state index is -0.510. The molecule has 0 aliphatic heterocycles. The van der Waals surface area contributed by atoms with Crippen molar-refractivity contribution in [3.63, 3.8) is 0 Å². The largest absolute Gasteiger partial charge is 0.455 e. The predicted octanol–water partition coefficient (Wildman–Crippen LogP) is 2.48. The van der Waals surface area contributed by atoms with Gasteiger partial charge in [0, 0.05) is 13.3 Å². The van der Waals surface area contributed by atoms with Crippen LogP contribution in [0.5, 0.6) is 0 Å². The molecule has 0 aliphatic rings. The lowest BCUT2D eigenvalue weighted by molar-refractivity contribution is -0.153. The Morgan fingerprint density at radius 2 is 1.86 bits per heavy atom. The molecular weight excluding hydrogens is 180 g/mol. The minimum absolute atomic E-state index is 0.0244. The van der Waals surface area contributed by atoms with Crippen LogP contribution >= 0.6 is 0 Å². The van der Waals surface area contributed by atoms with E-state index in [0.717, 1.165) is 19.3 Å². The highest BCUT2D eigenvalue weighted by Gasteiger charge is 2.18. The maximum atomic E-state index is 11.4. The van der Waals surface area contributed by atoms with Crippen LogP contribution < -0.4 is 0 Å². The van der Waals surface area contributed by atoms with Gasteiger partial charge in [0.15, 0.2) is 11.9 Å². The summed E-state index contributed by atoms with van der Waals surface area (Å²) in [7, 11) is 0. The van der Waals surface area contributed by atoms with Crippen molar-refractivity contribution in [2.45, 2.75) is 59.0 Å². The van der Waals surface area contributed by atoms with Gasteiger partial charge in [0.1, 0.15) is 0 Å². The minimum Gasteiger partial charge on any atom is -0.455 e. The average molecular weight is 200 g/mol. The van der Waals surface area contributed by atoms with E-state index in [2.05, 4.69) is 6.92 Å². The number of ether oxygens (including phenoxy) is 1. The van der Waals surface area contributed by atoms with Gasteiger partial charge in [0.25, 0.3) is 0 Å². The third-order valence-electron chi connectivity index (χ3n) is 2.09. The van der Waals surface area contributed by atoms with Gasteiger partial charge in [-0.3, -0.25) is 9.59 Å². The van der Waals surface area contributed by atoms with Crippen molar-refractivity contribution in [2.75, 3.05) is 0 Å². The molecule has 0 saturated carbocycles. The van der Waals surface area contributed by atoms with E-state index in [1.54, 1.807) is 6.92 Å². The SMILES string of the molecule is CCCCCC(OC(C)=O)C(=O)CC. The van der Waals surface area contributed by atoms with E-state index in [9.17, 15) is 9.59 Å². The third kappa shape index (κ3) is 5.73. The average Bonchev–Trinajstić information content (AvgIpc) is 2.15. The molecule has 0 fully saturated rings. The van der Waals surface area contributed by atoms with E-state index in [4.69, 9.17) is 4.74 Å². The molecular formula is C11H20O3. The van der Waals surface area contributed by atoms with Crippen LogP contribution in [0, 0.1) is 0 Å². The molecule has 82 valence electrons. The highest BCUT2D eigenvalue weighted by atomic mass is 16.5. The first-order valence-electron chi connectivity index (χ1n) is 5.31. The van der Waals surface area contributed by atoms with Crippen LogP contribution in [0.15, 0.2) is 0 Å². The number of rotatable bonds is 7. The van der Waals surface area contributed by atoms with E-state index in [1.165, 1.54) is 6.92 Å². The fraction of sp³-hybridized carbons (Fsp3) is 0.818. The molecule has 0 heterocycles. The number of esters is 1. The summed E-state index contributed by atoms with van der Waals surface area (Å²) in [4.78, 5) is 22.1. The zero-order valence-electron chi connectivity index (χ0n) is 9.34. The molecule has 0 aromatic rings. The maximum absolute atomic E-state index is 11.4. The van der Waals surface area contributed by atoms with Gasteiger partial charge < -0.3 is 4.74 Å². The van der Waals surface area contributed by atoms with Crippen molar-refractivity contribution >= 4 is 11.8 Å². The Morgan fingerprint density at radius 3 is 2.29 bits per heavy atom. The highest BCUT2D eigenvalue weighted by molar-refractivity contribution is 5.84. The van der Waals surface area contributed by atoms with Gasteiger partial charge in [-0.1, -0.05) is 26.7 Å². The number of hydrogen-bond donors (Lipinski definition) is 0. The van der Waals surface area contributed by atoms with Gasteiger partial charge in [-0.05, 0) is 12.8 Å². The van der Waals surface area contributed by atoms with Crippen molar-refractivity contribution in [3.05, 3.63) is 0 Å². The smallest absolute Gasteiger partial charge is 0.303 e. The van der Waals surface area contributed by atoms with Crippen LogP contribution in [-0.2, 0) is 14.3 Å². The number of Topliss-reactive ketones (excluding diaryl/α,β-unsaturated/α-hetero) is 1. The van der Waals surface area contributed by atoms with Crippen molar-refractivity contribution in [3.8, 4) is 0 Å². The van der Waals surface area contributed by atoms with E-state index in [1.807, 2.05) is 0 Å². The quantitative estimate of drug-likeness (QED) is 0.468. The fourth-order valence-corrected chi connectivity index (χ4v) is 1.29. The molecule has 0 aromatic carbocycles. The topological polar surface area (TPSA) is 43.4 Å². The molecule has 3 nitrogen and oxygen atoms in total. The Morgan fingerprint density at radius 1 is 1.21 bits per heavy atom. The Hall–Kier alpha value is -0.860. The van der Waals surface area contributed by atoms with Crippen molar-refractivity contribution in [2.24, 2.45) is 0 Å². The Balaban J connectivity index is 3.97. The molecule has 0 aliphatic carbocycles. The first-order valence-corrected chi connectivity index (χ1v) is 5.31. The van der Waals surface area contributed by atoms with Gasteiger partial charge in [-0.15, -0.1) is 0 Å². The Bertz CT molecular complexity index is 187. The maximum Gasteiger partial charge on any atom is 0.303 e. The second-order valence-electron chi connectivity index (χ2n) is 3.41. The van der Waals surface area contributed by atoms with Gasteiger partial charge >= 0.3 is 5.97 Å². The third-order valence-corrected chi connectivity index (χ3v) is 2.09. The van der Waals surface area contributed by atoms with Crippen LogP contribution in [0.4, 0.5) is 0 Å². The van der Waals surface area contributed by atoms with Gasteiger partial charge in [0.05, 0.1) is 0 Å². The number of carbonyl (C=O) groups excluding carboxylic acids is 2. The Labute approximate surface area is 85.8 Å². The molecule has 0 amide bonds. The van der Waals surface area contributed by atoms with Crippen LogP contribution in [-0.4, -0.2) is 17.9 Å². The second kappa shape index (κ2) is 7.54. The normalized spacial score (nSPS) is 12.2. The first-order chi connectivity index (χ1) is 6.61.